The fourth-order valence-corrected chi connectivity index (χ4v) is 3.80. The number of benzene rings is 1. The van der Waals surface area contributed by atoms with E-state index in [-0.39, 0.29) is 0 Å². The Morgan fingerprint density at radius 1 is 1.18 bits per heavy atom. The Balaban J connectivity index is 2.00. The van der Waals surface area contributed by atoms with Crippen LogP contribution in [0.5, 0.6) is 0 Å². The molecule has 1 unspecified atom stereocenters. The molecule has 22 heavy (non-hydrogen) atoms. The minimum atomic E-state index is 0.509. The average Bonchev–Trinajstić information content (AvgIpc) is 2.83. The van der Waals surface area contributed by atoms with E-state index < -0.39 is 0 Å². The number of aromatic nitrogens is 3. The maximum absolute atomic E-state index is 4.78. The van der Waals surface area contributed by atoms with Crippen LogP contribution in [0, 0.1) is 13.8 Å². The number of pyridine rings is 1. The molecule has 0 bridgehead atoms. The van der Waals surface area contributed by atoms with Gasteiger partial charge in [-0.3, -0.25) is 4.98 Å². The number of likely N-dealkylation sites (N-methyl/N-ethyl adjacent to an activating group) is 1. The van der Waals surface area contributed by atoms with E-state index >= 15 is 0 Å². The highest BCUT2D eigenvalue weighted by Crippen LogP contribution is 2.31. The maximum atomic E-state index is 4.78. The van der Waals surface area contributed by atoms with Crippen molar-refractivity contribution < 1.29 is 0 Å². The highest BCUT2D eigenvalue weighted by atomic mass is 15.2. The van der Waals surface area contributed by atoms with Crippen molar-refractivity contribution in [3.63, 3.8) is 0 Å². The SMILES string of the molecule is Cc1ccc2ncc3nc(C)n(C4CCCN(C)C4)c3c2c1. The van der Waals surface area contributed by atoms with E-state index in [9.17, 15) is 0 Å². The van der Waals surface area contributed by atoms with Crippen LogP contribution in [0.25, 0.3) is 21.9 Å². The van der Waals surface area contributed by atoms with E-state index in [1.807, 2.05) is 6.20 Å². The van der Waals surface area contributed by atoms with Gasteiger partial charge in [0.15, 0.2) is 0 Å². The molecule has 1 aromatic carbocycles. The lowest BCUT2D eigenvalue weighted by molar-refractivity contribution is 0.213. The van der Waals surface area contributed by atoms with Gasteiger partial charge in [0, 0.05) is 18.0 Å². The molecular formula is C18H22N4. The van der Waals surface area contributed by atoms with Crippen molar-refractivity contribution in [3.8, 4) is 0 Å². The lowest BCUT2D eigenvalue weighted by atomic mass is 10.0. The monoisotopic (exact) mass is 294 g/mol. The Labute approximate surface area is 130 Å². The maximum Gasteiger partial charge on any atom is 0.108 e. The molecule has 0 aliphatic carbocycles. The molecule has 0 radical (unpaired) electrons. The van der Waals surface area contributed by atoms with E-state index in [2.05, 4.69) is 53.5 Å². The molecule has 4 nitrogen and oxygen atoms in total. The van der Waals surface area contributed by atoms with Crippen molar-refractivity contribution in [1.29, 1.82) is 0 Å². The number of aryl methyl sites for hydroxylation is 2. The first kappa shape index (κ1) is 13.7. The fourth-order valence-electron chi connectivity index (χ4n) is 3.80. The summed E-state index contributed by atoms with van der Waals surface area (Å²) in [6.45, 7) is 6.56. The van der Waals surface area contributed by atoms with Crippen molar-refractivity contribution in [3.05, 3.63) is 35.8 Å². The van der Waals surface area contributed by atoms with Crippen LogP contribution in [0.15, 0.2) is 24.4 Å². The lowest BCUT2D eigenvalue weighted by Gasteiger charge is -2.31. The van der Waals surface area contributed by atoms with E-state index in [0.717, 1.165) is 23.4 Å². The molecule has 0 amide bonds. The van der Waals surface area contributed by atoms with Gasteiger partial charge in [0.25, 0.3) is 0 Å². The number of rotatable bonds is 1. The molecule has 4 rings (SSSR count). The zero-order chi connectivity index (χ0) is 15.3. The predicted octanol–water partition coefficient (Wildman–Crippen LogP) is 3.47. The lowest BCUT2D eigenvalue weighted by Crippen LogP contribution is -2.33. The number of hydrogen-bond acceptors (Lipinski definition) is 3. The standard InChI is InChI=1S/C18H22N4/c1-12-6-7-16-15(9-12)18-17(10-19-16)20-13(2)22(18)14-5-4-8-21(3)11-14/h6-7,9-10,14H,4-5,8,11H2,1-3H3. The van der Waals surface area contributed by atoms with Crippen LogP contribution in [-0.2, 0) is 0 Å². The minimum absolute atomic E-state index is 0.509. The molecule has 1 saturated heterocycles. The van der Waals surface area contributed by atoms with Crippen molar-refractivity contribution in [2.45, 2.75) is 32.7 Å². The average molecular weight is 294 g/mol. The number of fused-ring (bicyclic) bond motifs is 3. The molecule has 1 aliphatic heterocycles. The molecule has 1 fully saturated rings. The number of hydrogen-bond donors (Lipinski definition) is 0. The highest BCUT2D eigenvalue weighted by Gasteiger charge is 2.23. The van der Waals surface area contributed by atoms with Gasteiger partial charge in [-0.1, -0.05) is 11.6 Å². The van der Waals surface area contributed by atoms with Crippen LogP contribution in [-0.4, -0.2) is 39.6 Å². The summed E-state index contributed by atoms with van der Waals surface area (Å²) in [5.74, 6) is 1.10. The summed E-state index contributed by atoms with van der Waals surface area (Å²) in [4.78, 5) is 11.8. The first-order valence-electron chi connectivity index (χ1n) is 8.06. The van der Waals surface area contributed by atoms with Gasteiger partial charge in [-0.2, -0.15) is 0 Å². The smallest absolute Gasteiger partial charge is 0.108 e. The zero-order valence-electron chi connectivity index (χ0n) is 13.5. The first-order chi connectivity index (χ1) is 10.6. The highest BCUT2D eigenvalue weighted by molar-refractivity contribution is 6.02. The summed E-state index contributed by atoms with van der Waals surface area (Å²) in [5, 5.41) is 1.23. The second kappa shape index (κ2) is 5.06. The van der Waals surface area contributed by atoms with Crippen molar-refractivity contribution in [2.24, 2.45) is 0 Å². The third kappa shape index (κ3) is 2.10. The quantitative estimate of drug-likeness (QED) is 0.689. The Hall–Kier alpha value is -1.94. The summed E-state index contributed by atoms with van der Waals surface area (Å²) in [7, 11) is 2.21. The number of likely N-dealkylation sites (tertiary alicyclic amines) is 1. The molecule has 0 N–H and O–H groups in total. The van der Waals surface area contributed by atoms with Crippen LogP contribution < -0.4 is 0 Å². The molecule has 114 valence electrons. The molecule has 3 aromatic rings. The largest absolute Gasteiger partial charge is 0.323 e. The van der Waals surface area contributed by atoms with Crippen LogP contribution in [0.2, 0.25) is 0 Å². The normalized spacial score (nSPS) is 20.0. The summed E-state index contributed by atoms with van der Waals surface area (Å²) in [6.07, 6.45) is 4.40. The predicted molar refractivity (Wildman–Crippen MR) is 90.3 cm³/mol. The van der Waals surface area contributed by atoms with Crippen molar-refractivity contribution in [2.75, 3.05) is 20.1 Å². The Kier molecular flexibility index (Phi) is 3.15. The Morgan fingerprint density at radius 3 is 2.86 bits per heavy atom. The van der Waals surface area contributed by atoms with Gasteiger partial charge in [-0.25, -0.2) is 4.98 Å². The summed E-state index contributed by atoms with van der Waals surface area (Å²) in [6, 6.07) is 7.00. The second-order valence-electron chi connectivity index (χ2n) is 6.60. The zero-order valence-corrected chi connectivity index (χ0v) is 13.5. The van der Waals surface area contributed by atoms with Crippen LogP contribution in [0.4, 0.5) is 0 Å². The first-order valence-corrected chi connectivity index (χ1v) is 8.06. The fraction of sp³-hybridized carbons (Fsp3) is 0.444. The minimum Gasteiger partial charge on any atom is -0.323 e. The number of piperidine rings is 1. The Morgan fingerprint density at radius 2 is 2.05 bits per heavy atom. The third-order valence-corrected chi connectivity index (χ3v) is 4.81. The second-order valence-corrected chi connectivity index (χ2v) is 6.60. The number of nitrogens with zero attached hydrogens (tertiary/aromatic N) is 4. The molecule has 1 atom stereocenters. The van der Waals surface area contributed by atoms with E-state index in [1.165, 1.54) is 35.9 Å². The van der Waals surface area contributed by atoms with Gasteiger partial charge >= 0.3 is 0 Å². The van der Waals surface area contributed by atoms with E-state index in [4.69, 9.17) is 4.98 Å². The molecule has 0 saturated carbocycles. The van der Waals surface area contributed by atoms with Gasteiger partial charge in [-0.15, -0.1) is 0 Å². The molecule has 1 aliphatic rings. The summed E-state index contributed by atoms with van der Waals surface area (Å²) in [5.41, 5.74) is 4.60. The van der Waals surface area contributed by atoms with Gasteiger partial charge in [-0.05, 0) is 52.4 Å². The van der Waals surface area contributed by atoms with Gasteiger partial charge in [0.2, 0.25) is 0 Å². The topological polar surface area (TPSA) is 34.0 Å². The molecule has 3 heterocycles. The van der Waals surface area contributed by atoms with Gasteiger partial charge < -0.3 is 9.47 Å². The van der Waals surface area contributed by atoms with Gasteiger partial charge in [0.1, 0.15) is 11.3 Å². The molecular weight excluding hydrogens is 272 g/mol. The van der Waals surface area contributed by atoms with Crippen molar-refractivity contribution in [1.82, 2.24) is 19.4 Å². The summed E-state index contributed by atoms with van der Waals surface area (Å²) >= 11 is 0. The van der Waals surface area contributed by atoms with E-state index in [1.54, 1.807) is 0 Å². The van der Waals surface area contributed by atoms with E-state index in [0.29, 0.717) is 6.04 Å². The summed E-state index contributed by atoms with van der Waals surface area (Å²) < 4.78 is 2.45. The van der Waals surface area contributed by atoms with Gasteiger partial charge in [0.05, 0.1) is 17.2 Å². The van der Waals surface area contributed by atoms with Crippen LogP contribution >= 0.6 is 0 Å². The molecule has 4 heteroatoms. The van der Waals surface area contributed by atoms with Crippen LogP contribution in [0.1, 0.15) is 30.3 Å². The van der Waals surface area contributed by atoms with Crippen molar-refractivity contribution >= 4 is 21.9 Å². The Bertz CT molecular complexity index is 849. The van der Waals surface area contributed by atoms with Crippen LogP contribution in [0.3, 0.4) is 0 Å². The molecule has 2 aromatic heterocycles. The molecule has 0 spiro atoms. The number of imidazole rings is 1. The third-order valence-electron chi connectivity index (χ3n) is 4.81.